The summed E-state index contributed by atoms with van der Waals surface area (Å²) >= 11 is 0. The van der Waals surface area contributed by atoms with Crippen LogP contribution in [0.25, 0.3) is 0 Å². The van der Waals surface area contributed by atoms with Crippen LogP contribution >= 0.6 is 0 Å². The van der Waals surface area contributed by atoms with E-state index < -0.39 is 0 Å². The molecule has 4 rings (SSSR count). The van der Waals surface area contributed by atoms with Gasteiger partial charge in [0.2, 0.25) is 0 Å². The van der Waals surface area contributed by atoms with E-state index in [0.717, 1.165) is 18.7 Å². The van der Waals surface area contributed by atoms with E-state index in [1.54, 1.807) is 0 Å². The van der Waals surface area contributed by atoms with Crippen molar-refractivity contribution in [2.45, 2.75) is 56.3 Å². The third-order valence-electron chi connectivity index (χ3n) is 3.80. The van der Waals surface area contributed by atoms with Gasteiger partial charge in [-0.25, -0.2) is 0 Å². The minimum atomic E-state index is 0.348. The Labute approximate surface area is 93.5 Å². The fourth-order valence-corrected chi connectivity index (χ4v) is 2.75. The lowest BCUT2D eigenvalue weighted by Gasteiger charge is -2.18. The highest BCUT2D eigenvalue weighted by Crippen LogP contribution is 2.39. The van der Waals surface area contributed by atoms with Crippen LogP contribution in [-0.4, -0.2) is 28.4 Å². The summed E-state index contributed by atoms with van der Waals surface area (Å²) in [6.45, 7) is 0. The number of hydrogen-bond acceptors (Lipinski definition) is 5. The first-order chi connectivity index (χ1) is 7.88. The van der Waals surface area contributed by atoms with Crippen LogP contribution in [0.4, 0.5) is 6.01 Å². The normalized spacial score (nSPS) is 36.9. The highest BCUT2D eigenvalue weighted by atomic mass is 16.5. The molecule has 0 spiro atoms. The lowest BCUT2D eigenvalue weighted by Crippen LogP contribution is -2.30. The Morgan fingerprint density at radius 3 is 2.81 bits per heavy atom. The Morgan fingerprint density at radius 1 is 1.19 bits per heavy atom. The zero-order chi connectivity index (χ0) is 10.5. The second-order valence-electron chi connectivity index (χ2n) is 5.09. The van der Waals surface area contributed by atoms with Gasteiger partial charge in [-0.1, -0.05) is 5.16 Å². The number of ether oxygens (including phenoxy) is 1. The predicted molar refractivity (Wildman–Crippen MR) is 56.2 cm³/mol. The molecule has 1 N–H and O–H groups in total. The van der Waals surface area contributed by atoms with Gasteiger partial charge in [0.15, 0.2) is 5.82 Å². The SMILES string of the molecule is C1CC2OC1CC2Nc1nc(C2CC2)no1. The molecular weight excluding hydrogens is 206 g/mol. The Bertz CT molecular complexity index is 402. The van der Waals surface area contributed by atoms with Gasteiger partial charge < -0.3 is 14.6 Å². The summed E-state index contributed by atoms with van der Waals surface area (Å²) in [6.07, 6.45) is 6.65. The van der Waals surface area contributed by atoms with Gasteiger partial charge in [-0.2, -0.15) is 4.98 Å². The molecule has 3 aliphatic rings. The summed E-state index contributed by atoms with van der Waals surface area (Å²) in [6, 6.07) is 0.939. The van der Waals surface area contributed by atoms with E-state index in [4.69, 9.17) is 9.26 Å². The van der Waals surface area contributed by atoms with E-state index in [-0.39, 0.29) is 0 Å². The minimum Gasteiger partial charge on any atom is -0.373 e. The summed E-state index contributed by atoms with van der Waals surface area (Å²) in [5, 5.41) is 7.30. The van der Waals surface area contributed by atoms with E-state index in [1.807, 2.05) is 0 Å². The largest absolute Gasteiger partial charge is 0.373 e. The summed E-state index contributed by atoms with van der Waals surface area (Å²) in [5.74, 6) is 1.42. The third kappa shape index (κ3) is 1.42. The number of aromatic nitrogens is 2. The highest BCUT2D eigenvalue weighted by Gasteiger charge is 2.41. The number of rotatable bonds is 3. The first-order valence-electron chi connectivity index (χ1n) is 6.14. The molecule has 3 atom stereocenters. The number of nitrogens with zero attached hydrogens (tertiary/aromatic N) is 2. The van der Waals surface area contributed by atoms with E-state index in [2.05, 4.69) is 15.5 Å². The molecule has 86 valence electrons. The Balaban J connectivity index is 1.45. The first kappa shape index (κ1) is 8.98. The second-order valence-corrected chi connectivity index (χ2v) is 5.09. The van der Waals surface area contributed by atoms with Crippen molar-refractivity contribution < 1.29 is 9.26 Å². The van der Waals surface area contributed by atoms with Crippen LogP contribution in [0, 0.1) is 0 Å². The monoisotopic (exact) mass is 221 g/mol. The van der Waals surface area contributed by atoms with Crippen LogP contribution in [0.5, 0.6) is 0 Å². The fraction of sp³-hybridized carbons (Fsp3) is 0.818. The summed E-state index contributed by atoms with van der Waals surface area (Å²) in [7, 11) is 0. The maximum atomic E-state index is 5.77. The average molecular weight is 221 g/mol. The Hall–Kier alpha value is -1.10. The lowest BCUT2D eigenvalue weighted by molar-refractivity contribution is 0.102. The van der Waals surface area contributed by atoms with Crippen LogP contribution in [0.15, 0.2) is 4.52 Å². The predicted octanol–water partition coefficient (Wildman–Crippen LogP) is 1.68. The Kier molecular flexibility index (Phi) is 1.80. The van der Waals surface area contributed by atoms with E-state index in [9.17, 15) is 0 Å². The van der Waals surface area contributed by atoms with Crippen molar-refractivity contribution in [2.75, 3.05) is 5.32 Å². The molecule has 1 aromatic rings. The van der Waals surface area contributed by atoms with Crippen molar-refractivity contribution in [2.24, 2.45) is 0 Å². The van der Waals surface area contributed by atoms with Crippen LogP contribution in [0.1, 0.15) is 43.8 Å². The van der Waals surface area contributed by atoms with Gasteiger partial charge in [-0.3, -0.25) is 0 Å². The molecule has 0 radical (unpaired) electrons. The summed E-state index contributed by atoms with van der Waals surface area (Å²) < 4.78 is 11.0. The van der Waals surface area contributed by atoms with Crippen LogP contribution < -0.4 is 5.32 Å². The molecule has 2 saturated heterocycles. The molecule has 1 aromatic heterocycles. The molecule has 5 heteroatoms. The molecular formula is C11H15N3O2. The standard InChI is InChI=1S/C11H15N3O2/c1-2-6(1)10-13-11(16-14-10)12-8-5-7-3-4-9(8)15-7/h6-9H,1-5H2,(H,12,13,14). The van der Waals surface area contributed by atoms with Gasteiger partial charge >= 0.3 is 6.01 Å². The highest BCUT2D eigenvalue weighted by molar-refractivity contribution is 5.25. The quantitative estimate of drug-likeness (QED) is 0.841. The van der Waals surface area contributed by atoms with Gasteiger partial charge in [0.25, 0.3) is 0 Å². The molecule has 1 aliphatic carbocycles. The zero-order valence-electron chi connectivity index (χ0n) is 9.06. The van der Waals surface area contributed by atoms with Crippen LogP contribution in [0.2, 0.25) is 0 Å². The van der Waals surface area contributed by atoms with E-state index in [1.165, 1.54) is 19.3 Å². The van der Waals surface area contributed by atoms with Gasteiger partial charge in [0.1, 0.15) is 0 Å². The summed E-state index contributed by atoms with van der Waals surface area (Å²) in [5.41, 5.74) is 0. The molecule has 3 unspecified atom stereocenters. The van der Waals surface area contributed by atoms with Crippen molar-refractivity contribution in [3.8, 4) is 0 Å². The molecule has 5 nitrogen and oxygen atoms in total. The second kappa shape index (κ2) is 3.20. The molecule has 16 heavy (non-hydrogen) atoms. The molecule has 2 bridgehead atoms. The number of fused-ring (bicyclic) bond motifs is 2. The van der Waals surface area contributed by atoms with Crippen LogP contribution in [-0.2, 0) is 4.74 Å². The van der Waals surface area contributed by atoms with Crippen LogP contribution in [0.3, 0.4) is 0 Å². The zero-order valence-corrected chi connectivity index (χ0v) is 9.06. The van der Waals surface area contributed by atoms with Gasteiger partial charge in [0, 0.05) is 5.92 Å². The maximum Gasteiger partial charge on any atom is 0.321 e. The van der Waals surface area contributed by atoms with Crippen molar-refractivity contribution >= 4 is 6.01 Å². The average Bonchev–Trinajstić information content (AvgIpc) is 2.76. The van der Waals surface area contributed by atoms with Crippen molar-refractivity contribution in [3.05, 3.63) is 5.82 Å². The molecule has 3 heterocycles. The number of hydrogen-bond donors (Lipinski definition) is 1. The molecule has 2 aliphatic heterocycles. The molecule has 3 fully saturated rings. The fourth-order valence-electron chi connectivity index (χ4n) is 2.75. The molecule has 0 amide bonds. The van der Waals surface area contributed by atoms with E-state index in [0.29, 0.717) is 30.2 Å². The molecule has 0 aromatic carbocycles. The maximum absolute atomic E-state index is 5.77. The van der Waals surface area contributed by atoms with Gasteiger partial charge in [-0.05, 0) is 32.1 Å². The van der Waals surface area contributed by atoms with Crippen molar-refractivity contribution in [1.82, 2.24) is 10.1 Å². The minimum absolute atomic E-state index is 0.348. The molecule has 1 saturated carbocycles. The topological polar surface area (TPSA) is 60.2 Å². The van der Waals surface area contributed by atoms with E-state index >= 15 is 0 Å². The smallest absolute Gasteiger partial charge is 0.321 e. The summed E-state index contributed by atoms with van der Waals surface area (Å²) in [4.78, 5) is 4.37. The number of nitrogens with one attached hydrogen (secondary N) is 1. The number of anilines is 1. The van der Waals surface area contributed by atoms with Crippen molar-refractivity contribution in [1.29, 1.82) is 0 Å². The third-order valence-corrected chi connectivity index (χ3v) is 3.80. The van der Waals surface area contributed by atoms with Gasteiger partial charge in [0.05, 0.1) is 18.2 Å². The van der Waals surface area contributed by atoms with Crippen molar-refractivity contribution in [3.63, 3.8) is 0 Å². The van der Waals surface area contributed by atoms with Gasteiger partial charge in [-0.15, -0.1) is 0 Å². The lowest BCUT2D eigenvalue weighted by atomic mass is 9.96. The first-order valence-corrected chi connectivity index (χ1v) is 6.14. The Morgan fingerprint density at radius 2 is 2.12 bits per heavy atom.